The molecule has 0 bridgehead atoms. The number of hydrogen-bond donors (Lipinski definition) is 3. The largest absolute Gasteiger partial charge is 0.380 e. The predicted molar refractivity (Wildman–Crippen MR) is 126 cm³/mol. The normalized spacial score (nSPS) is 15.3. The smallest absolute Gasteiger partial charge is 0.271 e. The molecule has 4 rings (SSSR count). The second kappa shape index (κ2) is 8.82. The van der Waals surface area contributed by atoms with Crippen molar-refractivity contribution in [1.82, 2.24) is 5.43 Å². The van der Waals surface area contributed by atoms with Crippen molar-refractivity contribution < 1.29 is 13.2 Å². The molecule has 0 fully saturated rings. The first-order valence-electron chi connectivity index (χ1n) is 10.1. The Hall–Kier alpha value is -3.07. The molecule has 7 nitrogen and oxygen atoms in total. The second-order valence-corrected chi connectivity index (χ2v) is 9.64. The lowest BCUT2D eigenvalue weighted by Crippen LogP contribution is -2.46. The topological polar surface area (TPSA) is 105 Å². The molecular formula is C23H23ClN4O3S. The number of halogens is 1. The molecule has 1 aliphatic rings. The van der Waals surface area contributed by atoms with Crippen molar-refractivity contribution >= 4 is 38.9 Å². The molecular weight excluding hydrogens is 448 g/mol. The molecule has 3 aromatic rings. The van der Waals surface area contributed by atoms with Crippen molar-refractivity contribution in [1.29, 1.82) is 0 Å². The van der Waals surface area contributed by atoms with E-state index in [-0.39, 0.29) is 21.5 Å². The van der Waals surface area contributed by atoms with E-state index in [9.17, 15) is 13.2 Å². The Morgan fingerprint density at radius 2 is 1.81 bits per heavy atom. The molecule has 166 valence electrons. The third-order valence-corrected chi connectivity index (χ3v) is 6.75. The van der Waals surface area contributed by atoms with Gasteiger partial charge in [-0.3, -0.25) is 15.2 Å². The summed E-state index contributed by atoms with van der Waals surface area (Å²) in [6.07, 6.45) is 0.790. The highest BCUT2D eigenvalue weighted by atomic mass is 35.5. The molecule has 3 aromatic carbocycles. The summed E-state index contributed by atoms with van der Waals surface area (Å²) in [5.41, 5.74) is 6.48. The number of para-hydroxylation sites is 1. The van der Waals surface area contributed by atoms with Crippen molar-refractivity contribution in [3.8, 4) is 0 Å². The van der Waals surface area contributed by atoms with Crippen molar-refractivity contribution in [2.24, 2.45) is 5.14 Å². The van der Waals surface area contributed by atoms with E-state index in [1.165, 1.54) is 12.1 Å². The summed E-state index contributed by atoms with van der Waals surface area (Å²) in [6, 6.07) is 20.1. The maximum absolute atomic E-state index is 13.3. The average Bonchev–Trinajstić information content (AvgIpc) is 3.07. The van der Waals surface area contributed by atoms with Gasteiger partial charge in [0, 0.05) is 12.2 Å². The molecule has 9 heteroatoms. The molecule has 0 saturated carbocycles. The van der Waals surface area contributed by atoms with Crippen molar-refractivity contribution in [2.45, 2.75) is 30.8 Å². The van der Waals surface area contributed by atoms with Gasteiger partial charge in [0.05, 0.1) is 22.3 Å². The van der Waals surface area contributed by atoms with Gasteiger partial charge in [-0.15, -0.1) is 0 Å². The first kappa shape index (κ1) is 22.1. The highest BCUT2D eigenvalue weighted by Crippen LogP contribution is 2.32. The number of benzene rings is 3. The van der Waals surface area contributed by atoms with E-state index >= 15 is 0 Å². The number of amides is 1. The lowest BCUT2D eigenvalue weighted by Gasteiger charge is -2.26. The minimum absolute atomic E-state index is 0.0436. The van der Waals surface area contributed by atoms with E-state index in [2.05, 4.69) is 10.7 Å². The summed E-state index contributed by atoms with van der Waals surface area (Å²) in [5, 5.41) is 10.2. The fourth-order valence-corrected chi connectivity index (χ4v) is 4.90. The molecule has 1 heterocycles. The van der Waals surface area contributed by atoms with Crippen molar-refractivity contribution in [2.75, 3.05) is 10.3 Å². The fourth-order valence-electron chi connectivity index (χ4n) is 3.80. The Bertz CT molecular complexity index is 1270. The number of nitrogens with one attached hydrogen (secondary N) is 2. The number of sulfonamides is 1. The van der Waals surface area contributed by atoms with Crippen LogP contribution in [0.3, 0.4) is 0 Å². The molecule has 1 aliphatic heterocycles. The van der Waals surface area contributed by atoms with Crippen LogP contribution in [0.25, 0.3) is 0 Å². The summed E-state index contributed by atoms with van der Waals surface area (Å²) >= 11 is 6.19. The molecule has 0 aliphatic carbocycles. The van der Waals surface area contributed by atoms with Crippen LogP contribution in [0.5, 0.6) is 0 Å². The average molecular weight is 471 g/mol. The zero-order valence-corrected chi connectivity index (χ0v) is 19.0. The van der Waals surface area contributed by atoms with Crippen LogP contribution in [0, 0.1) is 0 Å². The number of hydrogen-bond acceptors (Lipinski definition) is 5. The lowest BCUT2D eigenvalue weighted by molar-refractivity contribution is 0.0946. The number of carbonyl (C=O) groups is 1. The van der Waals surface area contributed by atoms with E-state index in [1.54, 1.807) is 5.01 Å². The van der Waals surface area contributed by atoms with Gasteiger partial charge in [0.25, 0.3) is 5.91 Å². The number of carbonyl (C=O) groups excluding carboxylic acids is 1. The van der Waals surface area contributed by atoms with Gasteiger partial charge in [0.15, 0.2) is 0 Å². The number of rotatable bonds is 6. The van der Waals surface area contributed by atoms with Crippen LogP contribution in [0.2, 0.25) is 5.02 Å². The Morgan fingerprint density at radius 3 is 2.53 bits per heavy atom. The van der Waals surface area contributed by atoms with E-state index in [0.29, 0.717) is 12.2 Å². The highest BCUT2D eigenvalue weighted by Gasteiger charge is 2.29. The summed E-state index contributed by atoms with van der Waals surface area (Å²) in [6.45, 7) is 2.43. The van der Waals surface area contributed by atoms with Crippen LogP contribution in [0.4, 0.5) is 11.4 Å². The molecule has 1 amide bonds. The van der Waals surface area contributed by atoms with Crippen LogP contribution < -0.4 is 20.9 Å². The van der Waals surface area contributed by atoms with Gasteiger partial charge >= 0.3 is 0 Å². The summed E-state index contributed by atoms with van der Waals surface area (Å²) < 4.78 is 24.0. The number of fused-ring (bicyclic) bond motifs is 1. The van der Waals surface area contributed by atoms with Gasteiger partial charge in [0.1, 0.15) is 4.90 Å². The van der Waals surface area contributed by atoms with Crippen LogP contribution in [0.15, 0.2) is 71.6 Å². The minimum Gasteiger partial charge on any atom is -0.380 e. The first-order chi connectivity index (χ1) is 15.2. The number of anilines is 2. The third kappa shape index (κ3) is 4.57. The quantitative estimate of drug-likeness (QED) is 0.509. The summed E-state index contributed by atoms with van der Waals surface area (Å²) in [5.74, 6) is -0.467. The zero-order chi connectivity index (χ0) is 22.9. The van der Waals surface area contributed by atoms with Gasteiger partial charge in [-0.25, -0.2) is 13.6 Å². The standard InChI is InChI=1S/C23H23ClN4O3S/c1-15-11-17-9-5-6-10-21(17)28(15)27-23(29)18-12-22(32(25,30)31)19(24)13-20(18)26-14-16-7-3-2-4-8-16/h2-10,12-13,15,26H,11,14H2,1H3,(H,27,29)(H2,25,30,31). The Kier molecular flexibility index (Phi) is 6.10. The van der Waals surface area contributed by atoms with Gasteiger partial charge in [0.2, 0.25) is 10.0 Å². The van der Waals surface area contributed by atoms with E-state index in [1.807, 2.05) is 61.5 Å². The predicted octanol–water partition coefficient (Wildman–Crippen LogP) is 3.70. The molecule has 1 atom stereocenters. The second-order valence-electron chi connectivity index (χ2n) is 7.71. The van der Waals surface area contributed by atoms with Crippen LogP contribution >= 0.6 is 11.6 Å². The molecule has 4 N–H and O–H groups in total. The van der Waals surface area contributed by atoms with Crippen LogP contribution in [-0.4, -0.2) is 20.4 Å². The Labute approximate surface area is 192 Å². The van der Waals surface area contributed by atoms with E-state index < -0.39 is 15.9 Å². The van der Waals surface area contributed by atoms with E-state index in [4.69, 9.17) is 16.7 Å². The van der Waals surface area contributed by atoms with Crippen molar-refractivity contribution in [3.63, 3.8) is 0 Å². The summed E-state index contributed by atoms with van der Waals surface area (Å²) in [4.78, 5) is 13.0. The SMILES string of the molecule is CC1Cc2ccccc2N1NC(=O)c1cc(S(N)(=O)=O)c(Cl)cc1NCc1ccccc1. The fraction of sp³-hybridized carbons (Fsp3) is 0.174. The Morgan fingerprint density at radius 1 is 1.12 bits per heavy atom. The maximum Gasteiger partial charge on any atom is 0.271 e. The molecule has 0 spiro atoms. The van der Waals surface area contributed by atoms with E-state index in [0.717, 1.165) is 23.2 Å². The number of nitrogens with zero attached hydrogens (tertiary/aromatic N) is 1. The maximum atomic E-state index is 13.3. The van der Waals surface area contributed by atoms with Gasteiger partial charge in [-0.1, -0.05) is 60.1 Å². The lowest BCUT2D eigenvalue weighted by atomic mass is 10.1. The molecule has 0 aromatic heterocycles. The first-order valence-corrected chi connectivity index (χ1v) is 12.0. The van der Waals surface area contributed by atoms with Gasteiger partial charge in [-0.2, -0.15) is 0 Å². The van der Waals surface area contributed by atoms with Crippen LogP contribution in [-0.2, 0) is 23.0 Å². The Balaban J connectivity index is 1.68. The molecule has 0 saturated heterocycles. The summed E-state index contributed by atoms with van der Waals surface area (Å²) in [7, 11) is -4.11. The third-order valence-electron chi connectivity index (χ3n) is 5.38. The van der Waals surface area contributed by atoms with Crippen LogP contribution in [0.1, 0.15) is 28.4 Å². The van der Waals surface area contributed by atoms with Gasteiger partial charge < -0.3 is 5.32 Å². The minimum atomic E-state index is -4.11. The molecule has 32 heavy (non-hydrogen) atoms. The van der Waals surface area contributed by atoms with Gasteiger partial charge in [-0.05, 0) is 42.7 Å². The number of hydrazine groups is 1. The number of primary sulfonamides is 1. The molecule has 0 radical (unpaired) electrons. The number of nitrogens with two attached hydrogens (primary N) is 1. The monoisotopic (exact) mass is 470 g/mol. The van der Waals surface area contributed by atoms with Crippen molar-refractivity contribution in [3.05, 3.63) is 88.4 Å². The highest BCUT2D eigenvalue weighted by molar-refractivity contribution is 7.89. The zero-order valence-electron chi connectivity index (χ0n) is 17.4. The molecule has 1 unspecified atom stereocenters.